The third kappa shape index (κ3) is 6.28. The highest BCUT2D eigenvalue weighted by molar-refractivity contribution is 6.30. The first-order chi connectivity index (χ1) is 18.0. The summed E-state index contributed by atoms with van der Waals surface area (Å²) < 4.78 is 10.4. The molecule has 0 radical (unpaired) electrons. The molecule has 0 spiro atoms. The number of rotatable bonds is 7. The highest BCUT2D eigenvalue weighted by Gasteiger charge is 2.34. The third-order valence-corrected chi connectivity index (χ3v) is 6.52. The van der Waals surface area contributed by atoms with Gasteiger partial charge >= 0.3 is 0 Å². The second-order valence-electron chi connectivity index (χ2n) is 8.89. The van der Waals surface area contributed by atoms with Crippen molar-refractivity contribution < 1.29 is 18.8 Å². The molecule has 1 saturated heterocycles. The molecular formula is C26H27ClN6O4. The molecule has 2 aliphatic heterocycles. The molecule has 0 saturated carbocycles. The van der Waals surface area contributed by atoms with E-state index in [0.29, 0.717) is 22.6 Å². The van der Waals surface area contributed by atoms with Crippen LogP contribution in [0, 0.1) is 5.92 Å². The normalized spacial score (nSPS) is 18.3. The van der Waals surface area contributed by atoms with Crippen LogP contribution < -0.4 is 20.7 Å². The molecule has 0 bridgehead atoms. The first-order valence-electron chi connectivity index (χ1n) is 12.1. The summed E-state index contributed by atoms with van der Waals surface area (Å²) in [6.07, 6.45) is 2.95. The number of piperidine rings is 1. The monoisotopic (exact) mass is 522 g/mol. The van der Waals surface area contributed by atoms with Crippen molar-refractivity contribution in [3.63, 3.8) is 0 Å². The van der Waals surface area contributed by atoms with E-state index in [4.69, 9.17) is 20.9 Å². The van der Waals surface area contributed by atoms with Crippen LogP contribution in [-0.2, 0) is 16.1 Å². The van der Waals surface area contributed by atoms with E-state index in [2.05, 4.69) is 26.1 Å². The number of carbonyl (C=O) groups is 2. The Kier molecular flexibility index (Phi) is 7.67. The molecule has 1 aromatic heterocycles. The van der Waals surface area contributed by atoms with E-state index in [9.17, 15) is 9.59 Å². The van der Waals surface area contributed by atoms with Crippen molar-refractivity contribution in [2.45, 2.75) is 25.4 Å². The maximum absolute atomic E-state index is 13.6. The molecular weight excluding hydrogens is 496 g/mol. The molecule has 3 heterocycles. The highest BCUT2D eigenvalue weighted by atomic mass is 35.5. The van der Waals surface area contributed by atoms with E-state index in [1.54, 1.807) is 35.2 Å². The smallest absolute Gasteiger partial charge is 0.259 e. The maximum atomic E-state index is 13.6. The Balaban J connectivity index is 1.31. The fourth-order valence-electron chi connectivity index (χ4n) is 4.26. The van der Waals surface area contributed by atoms with Crippen molar-refractivity contribution in [2.75, 3.05) is 25.0 Å². The minimum absolute atomic E-state index is 0.0967. The lowest BCUT2D eigenvalue weighted by molar-refractivity contribution is -0.135. The molecule has 0 aliphatic carbocycles. The van der Waals surface area contributed by atoms with Crippen molar-refractivity contribution in [2.24, 2.45) is 10.9 Å². The first kappa shape index (κ1) is 24.8. The number of aromatic nitrogens is 1. The molecule has 11 heteroatoms. The number of carbonyl (C=O) groups excluding carboxylic acids is 2. The summed E-state index contributed by atoms with van der Waals surface area (Å²) in [6, 6.07) is 15.3. The Morgan fingerprint density at radius 1 is 1.11 bits per heavy atom. The number of amides is 2. The Morgan fingerprint density at radius 2 is 1.86 bits per heavy atom. The van der Waals surface area contributed by atoms with Gasteiger partial charge in [-0.05, 0) is 73.0 Å². The first-order valence-corrected chi connectivity index (χ1v) is 12.5. The average molecular weight is 523 g/mol. The SMILES string of the molecule is O=C(NC1CN=C(Nc2ccc(Oc3ccon3)cc2)N(Cc2ccc(Cl)cc2)C1=O)C1CCNCC1. The third-order valence-electron chi connectivity index (χ3n) is 6.27. The van der Waals surface area contributed by atoms with Crippen LogP contribution in [0.1, 0.15) is 18.4 Å². The molecule has 192 valence electrons. The minimum atomic E-state index is -0.724. The lowest BCUT2D eigenvalue weighted by Gasteiger charge is -2.33. The van der Waals surface area contributed by atoms with Crippen LogP contribution in [0.5, 0.6) is 11.6 Å². The van der Waals surface area contributed by atoms with Gasteiger partial charge in [-0.2, -0.15) is 0 Å². The molecule has 1 atom stereocenters. The number of nitrogens with zero attached hydrogens (tertiary/aromatic N) is 3. The summed E-state index contributed by atoms with van der Waals surface area (Å²) in [5.74, 6) is 0.925. The van der Waals surface area contributed by atoms with Crippen LogP contribution >= 0.6 is 11.6 Å². The fraction of sp³-hybridized carbons (Fsp3) is 0.308. The van der Waals surface area contributed by atoms with E-state index in [0.717, 1.165) is 37.2 Å². The lowest BCUT2D eigenvalue weighted by atomic mass is 9.97. The standard InChI is InChI=1S/C26H27ClN6O4/c27-19-3-1-17(2-4-19)16-33-25(35)22(31-24(34)18-9-12-28-13-10-18)15-29-26(33)30-20-5-7-21(8-6-20)37-23-11-14-36-32-23/h1-8,11,14,18,22,28H,9-10,12-13,15-16H2,(H,29,30)(H,31,34). The minimum Gasteiger partial charge on any atom is -0.436 e. The van der Waals surface area contributed by atoms with E-state index < -0.39 is 6.04 Å². The van der Waals surface area contributed by atoms with Gasteiger partial charge in [0.2, 0.25) is 11.9 Å². The summed E-state index contributed by atoms with van der Waals surface area (Å²) in [5.41, 5.74) is 1.60. The van der Waals surface area contributed by atoms with E-state index in [1.165, 1.54) is 6.26 Å². The number of hydrogen-bond acceptors (Lipinski definition) is 8. The van der Waals surface area contributed by atoms with Gasteiger partial charge in [-0.15, -0.1) is 0 Å². The molecule has 10 nitrogen and oxygen atoms in total. The number of halogens is 1. The van der Waals surface area contributed by atoms with Crippen molar-refractivity contribution in [1.82, 2.24) is 20.7 Å². The Hall–Kier alpha value is -3.89. The second kappa shape index (κ2) is 11.4. The van der Waals surface area contributed by atoms with Gasteiger partial charge in [0.1, 0.15) is 18.1 Å². The summed E-state index contributed by atoms with van der Waals surface area (Å²) in [4.78, 5) is 32.6. The number of guanidine groups is 1. The average Bonchev–Trinajstić information content (AvgIpc) is 3.43. The molecule has 3 N–H and O–H groups in total. The predicted octanol–water partition coefficient (Wildman–Crippen LogP) is 3.42. The number of aliphatic imine (C=N–C) groups is 1. The molecule has 1 unspecified atom stereocenters. The van der Waals surface area contributed by atoms with Crippen molar-refractivity contribution in [3.05, 3.63) is 71.4 Å². The van der Waals surface area contributed by atoms with Gasteiger partial charge in [0.25, 0.3) is 11.8 Å². The van der Waals surface area contributed by atoms with Crippen LogP contribution in [0.2, 0.25) is 5.02 Å². The van der Waals surface area contributed by atoms with Crippen molar-refractivity contribution >= 4 is 35.1 Å². The van der Waals surface area contributed by atoms with Gasteiger partial charge in [0.15, 0.2) is 0 Å². The van der Waals surface area contributed by atoms with E-state index in [-0.39, 0.29) is 30.8 Å². The second-order valence-corrected chi connectivity index (χ2v) is 9.33. The quantitative estimate of drug-likeness (QED) is 0.434. The summed E-state index contributed by atoms with van der Waals surface area (Å²) in [7, 11) is 0. The van der Waals surface area contributed by atoms with Gasteiger partial charge in [0, 0.05) is 22.7 Å². The maximum Gasteiger partial charge on any atom is 0.259 e. The van der Waals surface area contributed by atoms with E-state index in [1.807, 2.05) is 24.3 Å². The summed E-state index contributed by atoms with van der Waals surface area (Å²) in [5, 5.41) is 13.8. The van der Waals surface area contributed by atoms with Crippen LogP contribution in [0.25, 0.3) is 0 Å². The predicted molar refractivity (Wildman–Crippen MR) is 138 cm³/mol. The molecule has 2 amide bonds. The zero-order valence-corrected chi connectivity index (χ0v) is 20.8. The fourth-order valence-corrected chi connectivity index (χ4v) is 4.38. The van der Waals surface area contributed by atoms with Crippen LogP contribution in [0.4, 0.5) is 5.69 Å². The van der Waals surface area contributed by atoms with Crippen molar-refractivity contribution in [1.29, 1.82) is 0 Å². The number of nitrogens with one attached hydrogen (secondary N) is 3. The zero-order valence-electron chi connectivity index (χ0n) is 20.0. The molecule has 2 aromatic carbocycles. The largest absolute Gasteiger partial charge is 0.436 e. The molecule has 37 heavy (non-hydrogen) atoms. The zero-order chi connectivity index (χ0) is 25.6. The molecule has 3 aromatic rings. The number of hydrogen-bond donors (Lipinski definition) is 3. The van der Waals surface area contributed by atoms with Crippen LogP contribution in [0.3, 0.4) is 0 Å². The Labute approximate surface area is 219 Å². The number of benzene rings is 2. The van der Waals surface area contributed by atoms with Gasteiger partial charge in [-0.3, -0.25) is 14.5 Å². The molecule has 1 fully saturated rings. The van der Waals surface area contributed by atoms with Gasteiger partial charge in [-0.25, -0.2) is 4.99 Å². The lowest BCUT2D eigenvalue weighted by Crippen LogP contribution is -2.57. The van der Waals surface area contributed by atoms with Gasteiger partial charge in [-0.1, -0.05) is 23.7 Å². The Morgan fingerprint density at radius 3 is 2.57 bits per heavy atom. The van der Waals surface area contributed by atoms with Crippen LogP contribution in [0.15, 0.2) is 70.4 Å². The molecule has 2 aliphatic rings. The van der Waals surface area contributed by atoms with E-state index >= 15 is 0 Å². The van der Waals surface area contributed by atoms with Crippen LogP contribution in [-0.4, -0.2) is 53.5 Å². The van der Waals surface area contributed by atoms with Gasteiger partial charge in [0.05, 0.1) is 13.1 Å². The Bertz CT molecular complexity index is 1240. The van der Waals surface area contributed by atoms with Gasteiger partial charge < -0.3 is 25.2 Å². The topological polar surface area (TPSA) is 121 Å². The number of ether oxygens (including phenoxy) is 1. The summed E-state index contributed by atoms with van der Waals surface area (Å²) in [6.45, 7) is 2.03. The molecule has 5 rings (SSSR count). The van der Waals surface area contributed by atoms with Crippen molar-refractivity contribution in [3.8, 4) is 11.6 Å². The summed E-state index contributed by atoms with van der Waals surface area (Å²) >= 11 is 6.04. The number of anilines is 1. The highest BCUT2D eigenvalue weighted by Crippen LogP contribution is 2.23.